The van der Waals surface area contributed by atoms with Gasteiger partial charge in [-0.2, -0.15) is 0 Å². The zero-order chi connectivity index (χ0) is 14.4. The van der Waals surface area contributed by atoms with Gasteiger partial charge in [-0.25, -0.2) is 0 Å². The SMILES string of the molecule is C1CCC(OCC2(COC3CCCCO3)CCCC2)OC1. The van der Waals surface area contributed by atoms with E-state index in [9.17, 15) is 0 Å². The highest BCUT2D eigenvalue weighted by Crippen LogP contribution is 2.39. The maximum atomic E-state index is 6.07. The lowest BCUT2D eigenvalue weighted by Crippen LogP contribution is -2.36. The zero-order valence-corrected chi connectivity index (χ0v) is 13.2. The van der Waals surface area contributed by atoms with E-state index in [1.54, 1.807) is 0 Å². The summed E-state index contributed by atoms with van der Waals surface area (Å²) in [5, 5.41) is 0. The Balaban J connectivity index is 1.45. The first-order chi connectivity index (χ1) is 10.4. The van der Waals surface area contributed by atoms with Gasteiger partial charge in [-0.15, -0.1) is 0 Å². The molecule has 0 aromatic rings. The molecule has 0 N–H and O–H groups in total. The first-order valence-corrected chi connectivity index (χ1v) is 8.83. The summed E-state index contributed by atoms with van der Waals surface area (Å²) in [5.74, 6) is 0. The van der Waals surface area contributed by atoms with Gasteiger partial charge in [0.2, 0.25) is 0 Å². The van der Waals surface area contributed by atoms with Gasteiger partial charge in [0.05, 0.1) is 13.2 Å². The number of hydrogen-bond acceptors (Lipinski definition) is 4. The Morgan fingerprint density at radius 1 is 0.714 bits per heavy atom. The number of hydrogen-bond donors (Lipinski definition) is 0. The highest BCUT2D eigenvalue weighted by Gasteiger charge is 2.36. The third-order valence-corrected chi connectivity index (χ3v) is 5.09. The molecule has 3 aliphatic rings. The average molecular weight is 298 g/mol. The van der Waals surface area contributed by atoms with Crippen molar-refractivity contribution in [2.24, 2.45) is 5.41 Å². The molecule has 2 saturated heterocycles. The van der Waals surface area contributed by atoms with Gasteiger partial charge in [-0.3, -0.25) is 0 Å². The van der Waals surface area contributed by atoms with E-state index < -0.39 is 0 Å². The van der Waals surface area contributed by atoms with Gasteiger partial charge in [0.15, 0.2) is 12.6 Å². The first-order valence-electron chi connectivity index (χ1n) is 8.83. The Hall–Kier alpha value is -0.160. The van der Waals surface area contributed by atoms with Gasteiger partial charge in [0, 0.05) is 18.6 Å². The fourth-order valence-corrected chi connectivity index (χ4v) is 3.68. The minimum absolute atomic E-state index is 0.0159. The molecule has 4 nitrogen and oxygen atoms in total. The molecule has 0 radical (unpaired) electrons. The smallest absolute Gasteiger partial charge is 0.157 e. The Kier molecular flexibility index (Phi) is 5.92. The van der Waals surface area contributed by atoms with Crippen molar-refractivity contribution in [1.82, 2.24) is 0 Å². The van der Waals surface area contributed by atoms with E-state index in [1.165, 1.54) is 51.4 Å². The van der Waals surface area contributed by atoms with Crippen LogP contribution in [0.15, 0.2) is 0 Å². The minimum atomic E-state index is 0.0159. The molecule has 2 heterocycles. The van der Waals surface area contributed by atoms with Crippen LogP contribution < -0.4 is 0 Å². The van der Waals surface area contributed by atoms with Crippen molar-refractivity contribution in [3.05, 3.63) is 0 Å². The van der Waals surface area contributed by atoms with Crippen molar-refractivity contribution in [3.8, 4) is 0 Å². The third-order valence-electron chi connectivity index (χ3n) is 5.09. The molecule has 3 fully saturated rings. The van der Waals surface area contributed by atoms with Gasteiger partial charge in [0.1, 0.15) is 0 Å². The van der Waals surface area contributed by atoms with Crippen LogP contribution in [0.3, 0.4) is 0 Å². The molecule has 1 aliphatic carbocycles. The molecule has 122 valence electrons. The molecular formula is C17H30O4. The molecule has 2 aliphatic heterocycles. The molecule has 21 heavy (non-hydrogen) atoms. The van der Waals surface area contributed by atoms with Crippen LogP contribution in [-0.4, -0.2) is 39.0 Å². The van der Waals surface area contributed by atoms with E-state index in [1.807, 2.05) is 0 Å². The summed E-state index contributed by atoms with van der Waals surface area (Å²) in [5.41, 5.74) is 0.196. The highest BCUT2D eigenvalue weighted by atomic mass is 16.7. The predicted molar refractivity (Wildman–Crippen MR) is 80.0 cm³/mol. The summed E-state index contributed by atoms with van der Waals surface area (Å²) in [6.45, 7) is 3.27. The normalized spacial score (nSPS) is 33.1. The molecule has 0 aromatic heterocycles. The van der Waals surface area contributed by atoms with Crippen LogP contribution in [0.1, 0.15) is 64.2 Å². The zero-order valence-electron chi connectivity index (χ0n) is 13.2. The Morgan fingerprint density at radius 3 is 1.67 bits per heavy atom. The third kappa shape index (κ3) is 4.65. The molecule has 0 spiro atoms. The number of ether oxygens (including phenoxy) is 4. The summed E-state index contributed by atoms with van der Waals surface area (Å²) in [4.78, 5) is 0. The van der Waals surface area contributed by atoms with Crippen LogP contribution in [0.2, 0.25) is 0 Å². The van der Waals surface area contributed by atoms with Gasteiger partial charge in [-0.05, 0) is 51.4 Å². The second-order valence-corrected chi connectivity index (χ2v) is 6.92. The largest absolute Gasteiger partial charge is 0.353 e. The van der Waals surface area contributed by atoms with E-state index in [4.69, 9.17) is 18.9 Å². The van der Waals surface area contributed by atoms with Crippen molar-refractivity contribution >= 4 is 0 Å². The fourth-order valence-electron chi connectivity index (χ4n) is 3.68. The molecule has 0 aromatic carbocycles. The predicted octanol–water partition coefficient (Wildman–Crippen LogP) is 3.63. The molecular weight excluding hydrogens is 268 g/mol. The van der Waals surface area contributed by atoms with Crippen molar-refractivity contribution < 1.29 is 18.9 Å². The summed E-state index contributed by atoms with van der Waals surface area (Å²) in [6.07, 6.45) is 11.9. The summed E-state index contributed by atoms with van der Waals surface area (Å²) in [6, 6.07) is 0. The minimum Gasteiger partial charge on any atom is -0.353 e. The standard InChI is InChI=1S/C17H30O4/c1-5-11-18-15(7-1)20-13-17(9-3-4-10-17)14-21-16-8-2-6-12-19-16/h15-16H,1-14H2. The van der Waals surface area contributed by atoms with Crippen LogP contribution in [0.4, 0.5) is 0 Å². The maximum Gasteiger partial charge on any atom is 0.157 e. The second kappa shape index (κ2) is 7.91. The van der Waals surface area contributed by atoms with Crippen LogP contribution in [-0.2, 0) is 18.9 Å². The molecule has 2 unspecified atom stereocenters. The fraction of sp³-hybridized carbons (Fsp3) is 1.00. The monoisotopic (exact) mass is 298 g/mol. The Labute approximate surface area is 128 Å². The summed E-state index contributed by atoms with van der Waals surface area (Å²) in [7, 11) is 0. The summed E-state index contributed by atoms with van der Waals surface area (Å²) < 4.78 is 23.5. The Bertz CT molecular complexity index is 265. The van der Waals surface area contributed by atoms with Crippen LogP contribution in [0, 0.1) is 5.41 Å². The van der Waals surface area contributed by atoms with Gasteiger partial charge in [-0.1, -0.05) is 12.8 Å². The van der Waals surface area contributed by atoms with Crippen molar-refractivity contribution in [1.29, 1.82) is 0 Å². The van der Waals surface area contributed by atoms with Crippen molar-refractivity contribution in [2.45, 2.75) is 76.8 Å². The first kappa shape index (κ1) is 15.7. The maximum absolute atomic E-state index is 6.07. The van der Waals surface area contributed by atoms with Crippen LogP contribution in [0.5, 0.6) is 0 Å². The van der Waals surface area contributed by atoms with Crippen molar-refractivity contribution in [2.75, 3.05) is 26.4 Å². The average Bonchev–Trinajstić information content (AvgIpc) is 3.03. The molecule has 1 saturated carbocycles. The van der Waals surface area contributed by atoms with Gasteiger partial charge in [0.25, 0.3) is 0 Å². The van der Waals surface area contributed by atoms with E-state index in [-0.39, 0.29) is 18.0 Å². The van der Waals surface area contributed by atoms with E-state index >= 15 is 0 Å². The second-order valence-electron chi connectivity index (χ2n) is 6.92. The summed E-state index contributed by atoms with van der Waals surface area (Å²) >= 11 is 0. The van der Waals surface area contributed by atoms with Crippen LogP contribution in [0.25, 0.3) is 0 Å². The Morgan fingerprint density at radius 2 is 1.24 bits per heavy atom. The lowest BCUT2D eigenvalue weighted by atomic mass is 9.88. The van der Waals surface area contributed by atoms with Crippen LogP contribution >= 0.6 is 0 Å². The van der Waals surface area contributed by atoms with Gasteiger partial charge < -0.3 is 18.9 Å². The molecule has 4 heteroatoms. The molecule has 0 bridgehead atoms. The lowest BCUT2D eigenvalue weighted by molar-refractivity contribution is -0.207. The van der Waals surface area contributed by atoms with E-state index in [0.29, 0.717) is 0 Å². The lowest BCUT2D eigenvalue weighted by Gasteiger charge is -2.34. The van der Waals surface area contributed by atoms with E-state index in [0.717, 1.165) is 39.3 Å². The molecule has 3 rings (SSSR count). The van der Waals surface area contributed by atoms with E-state index in [2.05, 4.69) is 0 Å². The topological polar surface area (TPSA) is 36.9 Å². The molecule has 0 amide bonds. The highest BCUT2D eigenvalue weighted by molar-refractivity contribution is 4.85. The van der Waals surface area contributed by atoms with Gasteiger partial charge >= 0.3 is 0 Å². The van der Waals surface area contributed by atoms with Crippen molar-refractivity contribution in [3.63, 3.8) is 0 Å². The number of rotatable bonds is 6. The molecule has 2 atom stereocenters. The quantitative estimate of drug-likeness (QED) is 0.750.